The van der Waals surface area contributed by atoms with Gasteiger partial charge >= 0.3 is 0 Å². The molecule has 0 saturated heterocycles. The molecular weight excluding hydrogens is 224 g/mol. The van der Waals surface area contributed by atoms with Gasteiger partial charge in [-0.25, -0.2) is 0 Å². The summed E-state index contributed by atoms with van der Waals surface area (Å²) in [6.07, 6.45) is 2.86. The molecule has 0 unspecified atom stereocenters. The smallest absolute Gasteiger partial charge is 0.123 e. The number of unbranched alkanes of at least 4 members (excludes halogenated alkanes) is 1. The highest BCUT2D eigenvalue weighted by Crippen LogP contribution is 2.28. The van der Waals surface area contributed by atoms with Crippen LogP contribution >= 0.6 is 12.4 Å². The summed E-state index contributed by atoms with van der Waals surface area (Å²) in [7, 11) is 0. The molecule has 0 radical (unpaired) electrons. The van der Waals surface area contributed by atoms with E-state index in [9.17, 15) is 5.11 Å². The molecule has 0 amide bonds. The molecule has 1 aromatic carbocycles. The molecule has 0 spiro atoms. The number of phenols is 1. The molecule has 0 aliphatic carbocycles. The summed E-state index contributed by atoms with van der Waals surface area (Å²) in [5.41, 5.74) is 13.1. The van der Waals surface area contributed by atoms with Crippen molar-refractivity contribution in [2.75, 3.05) is 6.54 Å². The van der Waals surface area contributed by atoms with Gasteiger partial charge in [0, 0.05) is 11.6 Å². The maximum atomic E-state index is 9.82. The van der Waals surface area contributed by atoms with E-state index in [2.05, 4.69) is 0 Å². The minimum atomic E-state index is -0.0866. The number of hydrogen-bond acceptors (Lipinski definition) is 3. The molecule has 1 rings (SSSR count). The first-order valence-electron chi connectivity index (χ1n) is 5.41. The van der Waals surface area contributed by atoms with Gasteiger partial charge in [-0.2, -0.15) is 0 Å². The molecule has 0 bridgehead atoms. The summed E-state index contributed by atoms with van der Waals surface area (Å²) >= 11 is 0. The fraction of sp³-hybridized carbons (Fsp3) is 0.500. The molecule has 3 nitrogen and oxygen atoms in total. The molecule has 0 saturated carbocycles. The van der Waals surface area contributed by atoms with Gasteiger partial charge in [0.25, 0.3) is 0 Å². The Kier molecular flexibility index (Phi) is 7.13. The van der Waals surface area contributed by atoms with Gasteiger partial charge in [0.2, 0.25) is 0 Å². The van der Waals surface area contributed by atoms with Crippen LogP contribution in [0.1, 0.15) is 36.4 Å². The molecule has 0 aliphatic heterocycles. The van der Waals surface area contributed by atoms with Crippen molar-refractivity contribution >= 4 is 12.4 Å². The molecule has 1 atom stereocenters. The van der Waals surface area contributed by atoms with Crippen molar-refractivity contribution < 1.29 is 5.11 Å². The lowest BCUT2D eigenvalue weighted by Gasteiger charge is -2.14. The van der Waals surface area contributed by atoms with Crippen molar-refractivity contribution in [1.29, 1.82) is 0 Å². The first-order chi connectivity index (χ1) is 7.16. The Bertz CT molecular complexity index is 318. The van der Waals surface area contributed by atoms with Gasteiger partial charge in [0.15, 0.2) is 0 Å². The van der Waals surface area contributed by atoms with Crippen LogP contribution < -0.4 is 11.5 Å². The van der Waals surface area contributed by atoms with Crippen molar-refractivity contribution in [1.82, 2.24) is 0 Å². The molecule has 16 heavy (non-hydrogen) atoms. The molecule has 5 N–H and O–H groups in total. The lowest BCUT2D eigenvalue weighted by Crippen LogP contribution is -2.11. The molecule has 1 aromatic rings. The summed E-state index contributed by atoms with van der Waals surface area (Å²) in [6, 6.07) is 5.60. The molecular formula is C12H21ClN2O. The SMILES string of the molecule is Cc1cccc([C@H](N)CCCCN)c1O.Cl. The predicted octanol–water partition coefficient (Wildman–Crippen LogP) is 2.25. The minimum absolute atomic E-state index is 0. The maximum Gasteiger partial charge on any atom is 0.123 e. The van der Waals surface area contributed by atoms with Gasteiger partial charge in [-0.1, -0.05) is 24.6 Å². The van der Waals surface area contributed by atoms with E-state index in [1.807, 2.05) is 25.1 Å². The number of aromatic hydroxyl groups is 1. The summed E-state index contributed by atoms with van der Waals surface area (Å²) in [5.74, 6) is 0.331. The van der Waals surface area contributed by atoms with Crippen LogP contribution in [0.2, 0.25) is 0 Å². The van der Waals surface area contributed by atoms with Crippen molar-refractivity contribution in [2.45, 2.75) is 32.2 Å². The van der Waals surface area contributed by atoms with Crippen LogP contribution in [-0.2, 0) is 0 Å². The number of phenolic OH excluding ortho intramolecular Hbond substituents is 1. The van der Waals surface area contributed by atoms with Crippen molar-refractivity contribution in [3.63, 3.8) is 0 Å². The third kappa shape index (κ3) is 4.00. The Morgan fingerprint density at radius 1 is 1.31 bits per heavy atom. The number of para-hydroxylation sites is 1. The number of rotatable bonds is 5. The standard InChI is InChI=1S/C12H20N2O.ClH/c1-9-5-4-6-10(12(9)15)11(14)7-2-3-8-13;/h4-6,11,15H,2-3,7-8,13-14H2,1H3;1H/t11-;/m1./s1. The molecule has 0 aromatic heterocycles. The van der Waals surface area contributed by atoms with Gasteiger partial charge in [0.05, 0.1) is 0 Å². The van der Waals surface area contributed by atoms with E-state index in [0.717, 1.165) is 30.4 Å². The van der Waals surface area contributed by atoms with Crippen LogP contribution in [-0.4, -0.2) is 11.7 Å². The van der Waals surface area contributed by atoms with Crippen molar-refractivity contribution in [2.24, 2.45) is 11.5 Å². The van der Waals surface area contributed by atoms with Crippen LogP contribution in [0.3, 0.4) is 0 Å². The second-order valence-corrected chi connectivity index (χ2v) is 3.90. The number of hydrogen-bond donors (Lipinski definition) is 3. The largest absolute Gasteiger partial charge is 0.507 e. The number of aryl methyl sites for hydroxylation is 1. The van der Waals surface area contributed by atoms with Crippen LogP contribution in [0.4, 0.5) is 0 Å². The van der Waals surface area contributed by atoms with Crippen molar-refractivity contribution in [3.05, 3.63) is 29.3 Å². The Morgan fingerprint density at radius 2 is 2.00 bits per heavy atom. The Morgan fingerprint density at radius 3 is 2.62 bits per heavy atom. The lowest BCUT2D eigenvalue weighted by atomic mass is 9.99. The number of nitrogens with two attached hydrogens (primary N) is 2. The topological polar surface area (TPSA) is 72.3 Å². The summed E-state index contributed by atoms with van der Waals surface area (Å²) in [6.45, 7) is 2.58. The quantitative estimate of drug-likeness (QED) is 0.696. The fourth-order valence-electron chi connectivity index (χ4n) is 1.64. The van der Waals surface area contributed by atoms with Gasteiger partial charge in [0.1, 0.15) is 5.75 Å². The van der Waals surface area contributed by atoms with Crippen LogP contribution in [0.5, 0.6) is 5.75 Å². The van der Waals surface area contributed by atoms with E-state index in [1.54, 1.807) is 0 Å². The highest BCUT2D eigenvalue weighted by atomic mass is 35.5. The zero-order chi connectivity index (χ0) is 11.3. The molecule has 0 fully saturated rings. The lowest BCUT2D eigenvalue weighted by molar-refractivity contribution is 0.452. The summed E-state index contributed by atoms with van der Waals surface area (Å²) in [5, 5.41) is 9.82. The van der Waals surface area contributed by atoms with Gasteiger partial charge in [-0.3, -0.25) is 0 Å². The van der Waals surface area contributed by atoms with Crippen LogP contribution in [0, 0.1) is 6.92 Å². The van der Waals surface area contributed by atoms with E-state index in [1.165, 1.54) is 0 Å². The minimum Gasteiger partial charge on any atom is -0.507 e. The highest BCUT2D eigenvalue weighted by molar-refractivity contribution is 5.85. The Hall–Kier alpha value is -0.770. The van der Waals surface area contributed by atoms with Crippen LogP contribution in [0.25, 0.3) is 0 Å². The number of halogens is 1. The first-order valence-corrected chi connectivity index (χ1v) is 5.41. The Balaban J connectivity index is 0.00000225. The molecule has 92 valence electrons. The third-order valence-corrected chi connectivity index (χ3v) is 2.64. The summed E-state index contributed by atoms with van der Waals surface area (Å²) in [4.78, 5) is 0. The number of benzene rings is 1. The normalized spacial score (nSPS) is 11.9. The van der Waals surface area contributed by atoms with E-state index in [-0.39, 0.29) is 18.4 Å². The average molecular weight is 245 g/mol. The van der Waals surface area contributed by atoms with Crippen molar-refractivity contribution in [3.8, 4) is 5.75 Å². The second-order valence-electron chi connectivity index (χ2n) is 3.90. The molecule has 4 heteroatoms. The van der Waals surface area contributed by atoms with E-state index < -0.39 is 0 Å². The second kappa shape index (κ2) is 7.49. The summed E-state index contributed by atoms with van der Waals surface area (Å²) < 4.78 is 0. The van der Waals surface area contributed by atoms with Gasteiger partial charge in [-0.15, -0.1) is 12.4 Å². The monoisotopic (exact) mass is 244 g/mol. The van der Waals surface area contributed by atoms with E-state index in [4.69, 9.17) is 11.5 Å². The van der Waals surface area contributed by atoms with E-state index >= 15 is 0 Å². The average Bonchev–Trinajstić information content (AvgIpc) is 2.22. The van der Waals surface area contributed by atoms with Crippen LogP contribution in [0.15, 0.2) is 18.2 Å². The van der Waals surface area contributed by atoms with Gasteiger partial charge in [-0.05, 0) is 31.9 Å². The zero-order valence-electron chi connectivity index (χ0n) is 9.65. The maximum absolute atomic E-state index is 9.82. The first kappa shape index (κ1) is 15.2. The Labute approximate surface area is 103 Å². The predicted molar refractivity (Wildman–Crippen MR) is 69.9 cm³/mol. The fourth-order valence-corrected chi connectivity index (χ4v) is 1.64. The third-order valence-electron chi connectivity index (χ3n) is 2.64. The molecule has 0 heterocycles. The van der Waals surface area contributed by atoms with E-state index in [0.29, 0.717) is 12.3 Å². The van der Waals surface area contributed by atoms with Gasteiger partial charge < -0.3 is 16.6 Å². The molecule has 0 aliphatic rings. The zero-order valence-corrected chi connectivity index (χ0v) is 10.5. The highest BCUT2D eigenvalue weighted by Gasteiger charge is 2.11.